The Morgan fingerprint density at radius 2 is 2.05 bits per heavy atom. The minimum Gasteiger partial charge on any atom is -0.481 e. The Bertz CT molecular complexity index is 374. The Hall–Kier alpha value is -1.67. The lowest BCUT2D eigenvalue weighted by Crippen LogP contribution is -2.45. The second kappa shape index (κ2) is 7.81. The number of carboxylic acids is 1. The lowest BCUT2D eigenvalue weighted by molar-refractivity contribution is -0.142. The first-order chi connectivity index (χ1) is 9.43. The van der Waals surface area contributed by atoms with Gasteiger partial charge in [0.1, 0.15) is 0 Å². The molecule has 1 aliphatic rings. The van der Waals surface area contributed by atoms with Crippen molar-refractivity contribution in [3.8, 4) is 0 Å². The fraction of sp³-hybridized carbons (Fsp3) is 0.750. The van der Waals surface area contributed by atoms with Crippen molar-refractivity contribution in [3.05, 3.63) is 0 Å². The summed E-state index contributed by atoms with van der Waals surface area (Å²) in [6.45, 7) is 3.41. The summed E-state index contributed by atoms with van der Waals surface area (Å²) < 4.78 is 4.76. The minimum atomic E-state index is -0.849. The van der Waals surface area contributed by atoms with Crippen LogP contribution >= 0.6 is 0 Å². The van der Waals surface area contributed by atoms with Crippen LogP contribution in [0.2, 0.25) is 0 Å². The van der Waals surface area contributed by atoms with Gasteiger partial charge < -0.3 is 15.2 Å². The normalized spacial score (nSPS) is 22.5. The molecule has 0 aromatic carbocycles. The summed E-state index contributed by atoms with van der Waals surface area (Å²) in [7, 11) is 1.51. The number of ether oxygens (including phenoxy) is 1. The Labute approximate surface area is 117 Å². The Morgan fingerprint density at radius 3 is 2.60 bits per heavy atom. The molecule has 0 radical (unpaired) electrons. The number of carboxylic acid groups (broad SMARTS) is 1. The quantitative estimate of drug-likeness (QED) is 0.547. The molecule has 0 spiro atoms. The molecule has 0 aliphatic carbocycles. The molecule has 0 aromatic heterocycles. The Morgan fingerprint density at radius 1 is 1.35 bits per heavy atom. The van der Waals surface area contributed by atoms with Crippen LogP contribution < -0.4 is 10.6 Å². The molecular formula is C12H21N3O5. The molecule has 0 saturated carbocycles. The number of rotatable bonds is 6. The molecule has 0 aromatic rings. The summed E-state index contributed by atoms with van der Waals surface area (Å²) >= 11 is 0. The van der Waals surface area contributed by atoms with Crippen molar-refractivity contribution >= 4 is 17.9 Å². The maximum atomic E-state index is 11.6. The first-order valence-corrected chi connectivity index (χ1v) is 6.45. The van der Waals surface area contributed by atoms with Crippen LogP contribution in [0.5, 0.6) is 0 Å². The number of methoxy groups -OCH3 is 1. The van der Waals surface area contributed by atoms with E-state index in [1.165, 1.54) is 7.11 Å². The van der Waals surface area contributed by atoms with Crippen LogP contribution in [0.3, 0.4) is 0 Å². The van der Waals surface area contributed by atoms with Gasteiger partial charge in [0.15, 0.2) is 0 Å². The number of imide groups is 1. The highest BCUT2D eigenvalue weighted by Crippen LogP contribution is 2.22. The first-order valence-electron chi connectivity index (χ1n) is 6.45. The third kappa shape index (κ3) is 5.14. The molecule has 8 heteroatoms. The monoisotopic (exact) mass is 287 g/mol. The number of nitrogens with zero attached hydrogens (tertiary/aromatic N) is 1. The summed E-state index contributed by atoms with van der Waals surface area (Å²) in [4.78, 5) is 35.7. The fourth-order valence-electron chi connectivity index (χ4n) is 2.20. The second-order valence-corrected chi connectivity index (χ2v) is 4.91. The van der Waals surface area contributed by atoms with Gasteiger partial charge in [-0.3, -0.25) is 19.8 Å². The van der Waals surface area contributed by atoms with Gasteiger partial charge >= 0.3 is 12.0 Å². The van der Waals surface area contributed by atoms with Crippen LogP contribution in [0.1, 0.15) is 6.92 Å². The van der Waals surface area contributed by atoms with Gasteiger partial charge in [-0.2, -0.15) is 0 Å². The van der Waals surface area contributed by atoms with Crippen LogP contribution in [0, 0.1) is 11.8 Å². The van der Waals surface area contributed by atoms with Crippen molar-refractivity contribution in [1.29, 1.82) is 0 Å². The molecule has 1 fully saturated rings. The maximum absolute atomic E-state index is 11.6. The molecule has 8 nitrogen and oxygen atoms in total. The van der Waals surface area contributed by atoms with E-state index < -0.39 is 23.8 Å². The number of carbonyl (C=O) groups is 3. The summed E-state index contributed by atoms with van der Waals surface area (Å²) in [6, 6.07) is -0.575. The zero-order valence-electron chi connectivity index (χ0n) is 11.7. The Kier molecular flexibility index (Phi) is 6.40. The zero-order chi connectivity index (χ0) is 15.1. The predicted octanol–water partition coefficient (Wildman–Crippen LogP) is -0.889. The maximum Gasteiger partial charge on any atom is 0.321 e. The zero-order valence-corrected chi connectivity index (χ0v) is 11.7. The van der Waals surface area contributed by atoms with Crippen molar-refractivity contribution < 1.29 is 24.2 Å². The highest BCUT2D eigenvalue weighted by Gasteiger charge is 2.35. The van der Waals surface area contributed by atoms with Crippen molar-refractivity contribution in [1.82, 2.24) is 15.5 Å². The molecule has 1 aliphatic heterocycles. The van der Waals surface area contributed by atoms with Gasteiger partial charge in [-0.05, 0) is 5.92 Å². The minimum absolute atomic E-state index is 0.00386. The van der Waals surface area contributed by atoms with Gasteiger partial charge in [-0.1, -0.05) is 6.92 Å². The smallest absolute Gasteiger partial charge is 0.321 e. The molecule has 2 atom stereocenters. The van der Waals surface area contributed by atoms with Crippen LogP contribution in [0.15, 0.2) is 0 Å². The third-order valence-corrected chi connectivity index (χ3v) is 3.22. The van der Waals surface area contributed by atoms with E-state index >= 15 is 0 Å². The average molecular weight is 287 g/mol. The number of nitrogens with one attached hydrogen (secondary N) is 2. The van der Waals surface area contributed by atoms with Crippen LogP contribution in [0.4, 0.5) is 4.79 Å². The van der Waals surface area contributed by atoms with Gasteiger partial charge in [0.2, 0.25) is 5.91 Å². The molecule has 1 rings (SSSR count). The van der Waals surface area contributed by atoms with E-state index in [2.05, 4.69) is 10.6 Å². The molecule has 1 heterocycles. The van der Waals surface area contributed by atoms with E-state index in [4.69, 9.17) is 9.84 Å². The fourth-order valence-corrected chi connectivity index (χ4v) is 2.20. The van der Waals surface area contributed by atoms with Gasteiger partial charge in [0.25, 0.3) is 0 Å². The van der Waals surface area contributed by atoms with Crippen LogP contribution in [0.25, 0.3) is 0 Å². The molecule has 114 valence electrons. The number of amides is 3. The van der Waals surface area contributed by atoms with Gasteiger partial charge in [-0.25, -0.2) is 4.79 Å². The summed E-state index contributed by atoms with van der Waals surface area (Å²) in [6.07, 6.45) is 0. The summed E-state index contributed by atoms with van der Waals surface area (Å²) in [5.41, 5.74) is 0. The highest BCUT2D eigenvalue weighted by atomic mass is 16.5. The van der Waals surface area contributed by atoms with E-state index in [0.717, 1.165) is 0 Å². The molecule has 1 saturated heterocycles. The lowest BCUT2D eigenvalue weighted by Gasteiger charge is -2.14. The summed E-state index contributed by atoms with van der Waals surface area (Å²) in [5, 5.41) is 13.7. The van der Waals surface area contributed by atoms with Crippen molar-refractivity contribution in [2.75, 3.05) is 39.9 Å². The standard InChI is InChI=1S/C12H21N3O5/c1-8-5-15(6-9(8)11(17)18)7-10(16)14-12(19)13-3-4-20-2/h8-9H,3-7H2,1-2H3,(H,17,18)(H2,13,14,16,19)/t8-,9-/m1/s1. The molecule has 3 N–H and O–H groups in total. The van der Waals surface area contributed by atoms with E-state index in [1.54, 1.807) is 4.90 Å². The topological polar surface area (TPSA) is 108 Å². The van der Waals surface area contributed by atoms with Gasteiger partial charge in [0, 0.05) is 26.7 Å². The SMILES string of the molecule is COCCNC(=O)NC(=O)CN1C[C@@H](C)[C@H](C(=O)O)C1. The van der Waals surface area contributed by atoms with Crippen LogP contribution in [-0.2, 0) is 14.3 Å². The van der Waals surface area contributed by atoms with Crippen LogP contribution in [-0.4, -0.2) is 67.8 Å². The van der Waals surface area contributed by atoms with E-state index in [0.29, 0.717) is 26.2 Å². The number of urea groups is 1. The van der Waals surface area contributed by atoms with Gasteiger partial charge in [0.05, 0.1) is 19.1 Å². The first kappa shape index (κ1) is 16.4. The molecular weight excluding hydrogens is 266 g/mol. The average Bonchev–Trinajstić information content (AvgIpc) is 2.70. The van der Waals surface area contributed by atoms with E-state index in [9.17, 15) is 14.4 Å². The van der Waals surface area contributed by atoms with Crippen molar-refractivity contribution in [2.24, 2.45) is 11.8 Å². The highest BCUT2D eigenvalue weighted by molar-refractivity contribution is 5.95. The largest absolute Gasteiger partial charge is 0.481 e. The predicted molar refractivity (Wildman–Crippen MR) is 70.1 cm³/mol. The molecule has 20 heavy (non-hydrogen) atoms. The van der Waals surface area contributed by atoms with Gasteiger partial charge in [-0.15, -0.1) is 0 Å². The van der Waals surface area contributed by atoms with Crippen molar-refractivity contribution in [2.45, 2.75) is 6.92 Å². The van der Waals surface area contributed by atoms with Crippen molar-refractivity contribution in [3.63, 3.8) is 0 Å². The number of aliphatic carboxylic acids is 1. The molecule has 0 bridgehead atoms. The lowest BCUT2D eigenvalue weighted by atomic mass is 9.99. The van der Waals surface area contributed by atoms with E-state index in [-0.39, 0.29) is 12.5 Å². The number of likely N-dealkylation sites (tertiary alicyclic amines) is 1. The summed E-state index contributed by atoms with van der Waals surface area (Å²) in [5.74, 6) is -1.76. The Balaban J connectivity index is 2.29. The number of hydrogen-bond acceptors (Lipinski definition) is 5. The number of hydrogen-bond donors (Lipinski definition) is 3. The number of carbonyl (C=O) groups excluding carboxylic acids is 2. The second-order valence-electron chi connectivity index (χ2n) is 4.91. The molecule has 3 amide bonds. The molecule has 0 unspecified atom stereocenters. The van der Waals surface area contributed by atoms with E-state index in [1.807, 2.05) is 6.92 Å². The third-order valence-electron chi connectivity index (χ3n) is 3.22.